The second-order valence-electron chi connectivity index (χ2n) is 13.3. The van der Waals surface area contributed by atoms with E-state index < -0.39 is 0 Å². The van der Waals surface area contributed by atoms with Gasteiger partial charge in [0, 0.05) is 33.3 Å². The van der Waals surface area contributed by atoms with Crippen LogP contribution in [0, 0.1) is 0 Å². The fraction of sp³-hybridized carbons (Fsp3) is 0. The van der Waals surface area contributed by atoms with E-state index in [9.17, 15) is 0 Å². The fourth-order valence-electron chi connectivity index (χ4n) is 7.79. The lowest BCUT2D eigenvalue weighted by molar-refractivity contribution is 0.670. The Morgan fingerprint density at radius 3 is 1.69 bits per heavy atom. The first kappa shape index (κ1) is 30.0. The number of fused-ring (bicyclic) bond motifs is 6. The highest BCUT2D eigenvalue weighted by molar-refractivity contribution is 6.16. The van der Waals surface area contributed by atoms with Gasteiger partial charge in [0.2, 0.25) is 0 Å². The van der Waals surface area contributed by atoms with Crippen molar-refractivity contribution >= 4 is 60.5 Å². The van der Waals surface area contributed by atoms with Gasteiger partial charge in [-0.2, -0.15) is 0 Å². The molecule has 1 aromatic heterocycles. The molecule has 0 atom stereocenters. The monoisotopic (exact) mass is 663 g/mol. The lowest BCUT2D eigenvalue weighted by Crippen LogP contribution is -2.11. The van der Waals surface area contributed by atoms with E-state index in [1.165, 1.54) is 32.7 Å². The predicted molar refractivity (Wildman–Crippen MR) is 220 cm³/mol. The zero-order valence-corrected chi connectivity index (χ0v) is 28.4. The van der Waals surface area contributed by atoms with Crippen LogP contribution >= 0.6 is 0 Å². The maximum atomic E-state index is 6.59. The lowest BCUT2D eigenvalue weighted by Gasteiger charge is -2.28. The van der Waals surface area contributed by atoms with Gasteiger partial charge in [0.1, 0.15) is 11.2 Å². The van der Waals surface area contributed by atoms with Gasteiger partial charge in [0.05, 0.1) is 5.69 Å². The van der Waals surface area contributed by atoms with Gasteiger partial charge in [-0.15, -0.1) is 0 Å². The second kappa shape index (κ2) is 12.5. The molecule has 0 bridgehead atoms. The van der Waals surface area contributed by atoms with Crippen LogP contribution in [0.25, 0.3) is 76.9 Å². The Labute approximate surface area is 302 Å². The number of hydrogen-bond donors (Lipinski definition) is 0. The summed E-state index contributed by atoms with van der Waals surface area (Å²) >= 11 is 0. The summed E-state index contributed by atoms with van der Waals surface area (Å²) in [6.07, 6.45) is 0. The Morgan fingerprint density at radius 1 is 0.346 bits per heavy atom. The molecule has 10 rings (SSSR count). The van der Waals surface area contributed by atoms with Crippen LogP contribution in [0.3, 0.4) is 0 Å². The van der Waals surface area contributed by atoms with Crippen molar-refractivity contribution in [1.82, 2.24) is 0 Å². The molecule has 0 radical (unpaired) electrons. The number of hydrogen-bond acceptors (Lipinski definition) is 2. The van der Waals surface area contributed by atoms with Crippen molar-refractivity contribution in [3.63, 3.8) is 0 Å². The summed E-state index contributed by atoms with van der Waals surface area (Å²) in [5.41, 5.74) is 12.0. The van der Waals surface area contributed by atoms with Crippen molar-refractivity contribution in [3.8, 4) is 33.4 Å². The van der Waals surface area contributed by atoms with Crippen molar-refractivity contribution in [2.75, 3.05) is 4.90 Å². The molecule has 0 aliphatic heterocycles. The topological polar surface area (TPSA) is 16.4 Å². The maximum absolute atomic E-state index is 6.59. The van der Waals surface area contributed by atoms with Gasteiger partial charge in [-0.05, 0) is 86.3 Å². The summed E-state index contributed by atoms with van der Waals surface area (Å²) in [4.78, 5) is 2.40. The summed E-state index contributed by atoms with van der Waals surface area (Å²) in [5, 5.41) is 7.22. The number of nitrogens with zero attached hydrogens (tertiary/aromatic N) is 1. The summed E-state index contributed by atoms with van der Waals surface area (Å²) in [6, 6.07) is 71.6. The summed E-state index contributed by atoms with van der Waals surface area (Å²) < 4.78 is 6.59. The average molecular weight is 664 g/mol. The molecule has 52 heavy (non-hydrogen) atoms. The normalized spacial score (nSPS) is 11.5. The van der Waals surface area contributed by atoms with E-state index in [1.54, 1.807) is 0 Å². The van der Waals surface area contributed by atoms with Crippen LogP contribution in [0.2, 0.25) is 0 Å². The van der Waals surface area contributed by atoms with Gasteiger partial charge in [-0.3, -0.25) is 0 Å². The molecule has 0 aliphatic carbocycles. The van der Waals surface area contributed by atoms with E-state index in [2.05, 4.69) is 199 Å². The minimum absolute atomic E-state index is 0.895. The zero-order valence-electron chi connectivity index (χ0n) is 28.4. The third-order valence-corrected chi connectivity index (χ3v) is 10.3. The van der Waals surface area contributed by atoms with E-state index in [0.29, 0.717) is 0 Å². The smallest absolute Gasteiger partial charge is 0.143 e. The van der Waals surface area contributed by atoms with Gasteiger partial charge >= 0.3 is 0 Å². The van der Waals surface area contributed by atoms with Gasteiger partial charge in [0.25, 0.3) is 0 Å². The van der Waals surface area contributed by atoms with Crippen LogP contribution in [0.1, 0.15) is 0 Å². The minimum atomic E-state index is 0.895. The Kier molecular flexibility index (Phi) is 7.18. The van der Waals surface area contributed by atoms with E-state index in [4.69, 9.17) is 4.42 Å². The summed E-state index contributed by atoms with van der Waals surface area (Å²) in [7, 11) is 0. The standard InChI is InChI=1S/C50H33NO/c1-3-13-34(14-4-1)42-19-9-11-21-47(42)51(40-30-27-38-24-23-36-17-7-8-18-41(36)46(38)33-40)39-28-25-37(26-29-39)43-31-32-44(35-15-5-2-6-16-35)50-49(43)45-20-10-12-22-48(45)52-50/h1-33H. The van der Waals surface area contributed by atoms with E-state index in [1.807, 2.05) is 6.07 Å². The fourth-order valence-corrected chi connectivity index (χ4v) is 7.79. The van der Waals surface area contributed by atoms with E-state index >= 15 is 0 Å². The highest BCUT2D eigenvalue weighted by Crippen LogP contribution is 2.45. The molecule has 244 valence electrons. The van der Waals surface area contributed by atoms with Crippen LogP contribution in [0.5, 0.6) is 0 Å². The molecule has 0 N–H and O–H groups in total. The van der Waals surface area contributed by atoms with E-state index in [-0.39, 0.29) is 0 Å². The molecule has 9 aromatic carbocycles. The SMILES string of the molecule is c1ccc(-c2ccccc2N(c2ccc(-c3ccc(-c4ccccc4)c4oc5ccccc5c34)cc2)c2ccc3ccc4ccccc4c3c2)cc1. The Hall–Kier alpha value is -6.90. The molecule has 0 saturated heterocycles. The number of anilines is 3. The lowest BCUT2D eigenvalue weighted by atomic mass is 9.94. The molecule has 0 fully saturated rings. The average Bonchev–Trinajstić information content (AvgIpc) is 3.62. The molecule has 1 heterocycles. The molecular formula is C50H33NO. The van der Waals surface area contributed by atoms with Crippen molar-refractivity contribution in [2.45, 2.75) is 0 Å². The summed E-state index contributed by atoms with van der Waals surface area (Å²) in [6.45, 7) is 0. The van der Waals surface area contributed by atoms with Crippen LogP contribution in [0.15, 0.2) is 205 Å². The molecule has 0 spiro atoms. The maximum Gasteiger partial charge on any atom is 0.143 e. The van der Waals surface area contributed by atoms with Crippen LogP contribution in [-0.2, 0) is 0 Å². The molecule has 0 unspecified atom stereocenters. The van der Waals surface area contributed by atoms with Crippen molar-refractivity contribution < 1.29 is 4.42 Å². The second-order valence-corrected chi connectivity index (χ2v) is 13.3. The number of benzene rings is 9. The first-order valence-corrected chi connectivity index (χ1v) is 17.8. The minimum Gasteiger partial charge on any atom is -0.455 e. The van der Waals surface area contributed by atoms with Crippen molar-refractivity contribution in [2.24, 2.45) is 0 Å². The van der Waals surface area contributed by atoms with Crippen LogP contribution < -0.4 is 4.90 Å². The molecule has 2 nitrogen and oxygen atoms in total. The summed E-state index contributed by atoms with van der Waals surface area (Å²) in [5.74, 6) is 0. The molecule has 0 saturated carbocycles. The van der Waals surface area contributed by atoms with Gasteiger partial charge < -0.3 is 9.32 Å². The van der Waals surface area contributed by atoms with Gasteiger partial charge in [0.15, 0.2) is 0 Å². The molecular weight excluding hydrogens is 631 g/mol. The number of rotatable bonds is 6. The highest BCUT2D eigenvalue weighted by atomic mass is 16.3. The number of para-hydroxylation sites is 2. The zero-order chi connectivity index (χ0) is 34.4. The third kappa shape index (κ3) is 5.04. The Balaban J connectivity index is 1.16. The van der Waals surface area contributed by atoms with Crippen LogP contribution in [0.4, 0.5) is 17.1 Å². The Bertz CT molecular complexity index is 2890. The largest absolute Gasteiger partial charge is 0.455 e. The first-order valence-electron chi connectivity index (χ1n) is 17.8. The Morgan fingerprint density at radius 2 is 0.904 bits per heavy atom. The quantitative estimate of drug-likeness (QED) is 0.165. The molecule has 0 amide bonds. The van der Waals surface area contributed by atoms with Crippen LogP contribution in [-0.4, -0.2) is 0 Å². The van der Waals surface area contributed by atoms with E-state index in [0.717, 1.165) is 61.3 Å². The molecule has 0 aliphatic rings. The molecule has 10 aromatic rings. The van der Waals surface area contributed by atoms with Crippen molar-refractivity contribution in [3.05, 3.63) is 200 Å². The highest BCUT2D eigenvalue weighted by Gasteiger charge is 2.20. The predicted octanol–water partition coefficient (Wildman–Crippen LogP) is 14.4. The first-order chi connectivity index (χ1) is 25.8. The number of furan rings is 1. The third-order valence-electron chi connectivity index (χ3n) is 10.3. The molecule has 2 heteroatoms. The van der Waals surface area contributed by atoms with Crippen molar-refractivity contribution in [1.29, 1.82) is 0 Å². The van der Waals surface area contributed by atoms with Gasteiger partial charge in [-0.1, -0.05) is 158 Å². The van der Waals surface area contributed by atoms with Gasteiger partial charge in [-0.25, -0.2) is 0 Å².